The van der Waals surface area contributed by atoms with Gasteiger partial charge >= 0.3 is 0 Å². The van der Waals surface area contributed by atoms with Crippen molar-refractivity contribution in [3.63, 3.8) is 0 Å². The maximum atomic E-state index is 2.44. The molecule has 0 fully saturated rings. The fourth-order valence-electron chi connectivity index (χ4n) is 6.52. The van der Waals surface area contributed by atoms with E-state index in [-0.39, 0.29) is 0 Å². The zero-order valence-corrected chi connectivity index (χ0v) is 23.7. The van der Waals surface area contributed by atoms with E-state index in [1.807, 2.05) is 0 Å². The fraction of sp³-hybridized carbons (Fsp3) is 0. The molecule has 0 amide bonds. The van der Waals surface area contributed by atoms with E-state index in [1.54, 1.807) is 0 Å². The molecule has 8 aromatic carbocycles. The van der Waals surface area contributed by atoms with Gasteiger partial charge in [-0.05, 0) is 74.0 Å². The Hall–Kier alpha value is -5.66. The van der Waals surface area contributed by atoms with E-state index in [2.05, 4.69) is 181 Å². The summed E-state index contributed by atoms with van der Waals surface area (Å²) >= 11 is 0. The van der Waals surface area contributed by atoms with Crippen LogP contribution in [0.1, 0.15) is 0 Å². The van der Waals surface area contributed by atoms with Gasteiger partial charge in [-0.25, -0.2) is 0 Å². The number of benzene rings is 8. The molecule has 202 valence electrons. The van der Waals surface area contributed by atoms with Gasteiger partial charge in [0.15, 0.2) is 0 Å². The highest BCUT2D eigenvalue weighted by atomic mass is 15.1. The third kappa shape index (κ3) is 4.34. The molecule has 0 aliphatic carbocycles. The molecule has 43 heavy (non-hydrogen) atoms. The molecule has 0 heterocycles. The summed E-state index contributed by atoms with van der Waals surface area (Å²) in [5.74, 6) is 0. The number of rotatable bonds is 5. The number of fused-ring (bicyclic) bond motifs is 4. The highest BCUT2D eigenvalue weighted by molar-refractivity contribution is 6.17. The monoisotopic (exact) mass is 547 g/mol. The lowest BCUT2D eigenvalue weighted by Crippen LogP contribution is -2.12. The molecule has 0 saturated heterocycles. The van der Waals surface area contributed by atoms with Crippen LogP contribution in [0, 0.1) is 0 Å². The van der Waals surface area contributed by atoms with Gasteiger partial charge in [-0.15, -0.1) is 0 Å². The molecule has 0 aromatic heterocycles. The van der Waals surface area contributed by atoms with E-state index in [4.69, 9.17) is 0 Å². The minimum absolute atomic E-state index is 1.12. The minimum Gasteiger partial charge on any atom is -0.309 e. The average Bonchev–Trinajstić information content (AvgIpc) is 3.09. The third-order valence-corrected chi connectivity index (χ3v) is 8.43. The molecular weight excluding hydrogens is 518 g/mol. The Morgan fingerprint density at radius 2 is 0.884 bits per heavy atom. The summed E-state index contributed by atoms with van der Waals surface area (Å²) in [5, 5.41) is 7.46. The average molecular weight is 548 g/mol. The smallest absolute Gasteiger partial charge is 0.0546 e. The van der Waals surface area contributed by atoms with Gasteiger partial charge < -0.3 is 4.90 Å². The lowest BCUT2D eigenvalue weighted by Gasteiger charge is -2.30. The highest BCUT2D eigenvalue weighted by Gasteiger charge is 2.23. The van der Waals surface area contributed by atoms with Crippen molar-refractivity contribution in [1.29, 1.82) is 0 Å². The SMILES string of the molecule is c1ccc(-c2cccc(N(c3ccccc3)c3cccc4ccccc34)c2-c2cc3ccccc3c3ccccc23)cc1. The number of para-hydroxylation sites is 1. The Kier molecular flexibility index (Phi) is 6.20. The number of hydrogen-bond acceptors (Lipinski definition) is 1. The predicted octanol–water partition coefficient (Wildman–Crippen LogP) is 11.9. The van der Waals surface area contributed by atoms with Gasteiger partial charge in [0.2, 0.25) is 0 Å². The molecule has 8 aromatic rings. The lowest BCUT2D eigenvalue weighted by molar-refractivity contribution is 1.30. The van der Waals surface area contributed by atoms with Gasteiger partial charge in [-0.3, -0.25) is 0 Å². The molecule has 0 spiro atoms. The van der Waals surface area contributed by atoms with E-state index in [0.29, 0.717) is 0 Å². The second-order valence-corrected chi connectivity index (χ2v) is 10.9. The van der Waals surface area contributed by atoms with Gasteiger partial charge in [0.1, 0.15) is 0 Å². The molecule has 0 atom stereocenters. The van der Waals surface area contributed by atoms with Crippen molar-refractivity contribution in [2.45, 2.75) is 0 Å². The van der Waals surface area contributed by atoms with E-state index in [0.717, 1.165) is 17.1 Å². The van der Waals surface area contributed by atoms with E-state index >= 15 is 0 Å². The Labute approximate surface area is 251 Å². The standard InChI is InChI=1S/C42H29N/c1-3-15-31(16-4-1)36-26-14-28-41(42(36)39-29-32-18-8-9-22-34(32)37-24-11-12-25-38(37)39)43(33-20-5-2-6-21-33)40-27-13-19-30-17-7-10-23-35(30)40/h1-29H. The Morgan fingerprint density at radius 1 is 0.326 bits per heavy atom. The molecule has 0 bridgehead atoms. The predicted molar refractivity (Wildman–Crippen MR) is 185 cm³/mol. The zero-order valence-electron chi connectivity index (χ0n) is 23.7. The summed E-state index contributed by atoms with van der Waals surface area (Å²) < 4.78 is 0. The maximum absolute atomic E-state index is 2.44. The summed E-state index contributed by atoms with van der Waals surface area (Å²) in [6.45, 7) is 0. The van der Waals surface area contributed by atoms with Crippen LogP contribution in [0.5, 0.6) is 0 Å². The van der Waals surface area contributed by atoms with E-state index < -0.39 is 0 Å². The van der Waals surface area contributed by atoms with Crippen molar-refractivity contribution in [2.24, 2.45) is 0 Å². The number of hydrogen-bond donors (Lipinski definition) is 0. The Morgan fingerprint density at radius 3 is 1.67 bits per heavy atom. The summed E-state index contributed by atoms with van der Waals surface area (Å²) in [6, 6.07) is 63.5. The lowest BCUT2D eigenvalue weighted by atomic mass is 9.87. The van der Waals surface area contributed by atoms with Gasteiger partial charge in [0, 0.05) is 16.6 Å². The largest absolute Gasteiger partial charge is 0.309 e. The van der Waals surface area contributed by atoms with Crippen LogP contribution >= 0.6 is 0 Å². The molecule has 0 aliphatic rings. The molecule has 8 rings (SSSR count). The first-order valence-electron chi connectivity index (χ1n) is 14.8. The van der Waals surface area contributed by atoms with E-state index in [9.17, 15) is 0 Å². The minimum atomic E-state index is 1.12. The molecule has 1 nitrogen and oxygen atoms in total. The van der Waals surface area contributed by atoms with Crippen LogP contribution in [-0.2, 0) is 0 Å². The highest BCUT2D eigenvalue weighted by Crippen LogP contribution is 2.49. The fourth-order valence-corrected chi connectivity index (χ4v) is 6.52. The molecule has 0 unspecified atom stereocenters. The summed E-state index contributed by atoms with van der Waals surface area (Å²) in [6.07, 6.45) is 0. The normalized spacial score (nSPS) is 11.3. The van der Waals surface area contributed by atoms with Crippen molar-refractivity contribution >= 4 is 49.4 Å². The van der Waals surface area contributed by atoms with Crippen molar-refractivity contribution in [1.82, 2.24) is 0 Å². The topological polar surface area (TPSA) is 3.24 Å². The molecule has 0 N–H and O–H groups in total. The molecule has 0 aliphatic heterocycles. The Bertz CT molecular complexity index is 2230. The maximum Gasteiger partial charge on any atom is 0.0546 e. The van der Waals surface area contributed by atoms with Crippen LogP contribution in [0.15, 0.2) is 176 Å². The molecular formula is C42H29N. The number of nitrogens with zero attached hydrogens (tertiary/aromatic N) is 1. The van der Waals surface area contributed by atoms with Crippen molar-refractivity contribution in [2.75, 3.05) is 4.90 Å². The summed E-state index contributed by atoms with van der Waals surface area (Å²) in [5.41, 5.74) is 8.26. The molecule has 1 heteroatoms. The van der Waals surface area contributed by atoms with E-state index in [1.165, 1.54) is 54.6 Å². The molecule has 0 saturated carbocycles. The van der Waals surface area contributed by atoms with Crippen molar-refractivity contribution in [3.8, 4) is 22.3 Å². The van der Waals surface area contributed by atoms with Crippen LogP contribution < -0.4 is 4.90 Å². The second kappa shape index (κ2) is 10.6. The Balaban J connectivity index is 1.53. The third-order valence-electron chi connectivity index (χ3n) is 8.43. The van der Waals surface area contributed by atoms with Gasteiger partial charge in [0.25, 0.3) is 0 Å². The first-order valence-corrected chi connectivity index (χ1v) is 14.8. The first-order chi connectivity index (χ1) is 21.4. The first kappa shape index (κ1) is 25.1. The summed E-state index contributed by atoms with van der Waals surface area (Å²) in [7, 11) is 0. The number of anilines is 3. The van der Waals surface area contributed by atoms with Crippen LogP contribution in [-0.4, -0.2) is 0 Å². The van der Waals surface area contributed by atoms with Crippen LogP contribution in [0.4, 0.5) is 17.1 Å². The van der Waals surface area contributed by atoms with Gasteiger partial charge in [-0.2, -0.15) is 0 Å². The van der Waals surface area contributed by atoms with Crippen LogP contribution in [0.3, 0.4) is 0 Å². The van der Waals surface area contributed by atoms with Crippen LogP contribution in [0.25, 0.3) is 54.6 Å². The van der Waals surface area contributed by atoms with Gasteiger partial charge in [0.05, 0.1) is 11.4 Å². The molecule has 0 radical (unpaired) electrons. The zero-order chi connectivity index (χ0) is 28.6. The van der Waals surface area contributed by atoms with Crippen molar-refractivity contribution < 1.29 is 0 Å². The second-order valence-electron chi connectivity index (χ2n) is 10.9. The van der Waals surface area contributed by atoms with Crippen LogP contribution in [0.2, 0.25) is 0 Å². The van der Waals surface area contributed by atoms with Gasteiger partial charge in [-0.1, -0.05) is 146 Å². The quantitative estimate of drug-likeness (QED) is 0.194. The van der Waals surface area contributed by atoms with Crippen molar-refractivity contribution in [3.05, 3.63) is 176 Å². The summed E-state index contributed by atoms with van der Waals surface area (Å²) in [4.78, 5) is 2.44.